The smallest absolute Gasteiger partial charge is 0.411 e. The Morgan fingerprint density at radius 3 is 2.51 bits per heavy atom. The number of ether oxygens (including phenoxy) is 2. The van der Waals surface area contributed by atoms with Crippen LogP contribution < -0.4 is 4.90 Å². The molecule has 4 heterocycles. The topological polar surface area (TPSA) is 123 Å². The number of carbonyl (C=O) groups is 2. The lowest BCUT2D eigenvalue weighted by Gasteiger charge is -2.28. The van der Waals surface area contributed by atoms with Crippen LogP contribution in [-0.4, -0.2) is 75.4 Å². The molecule has 2 aliphatic heterocycles. The summed E-state index contributed by atoms with van der Waals surface area (Å²) in [4.78, 5) is 38.1. The van der Waals surface area contributed by atoms with Gasteiger partial charge in [0.15, 0.2) is 5.82 Å². The lowest BCUT2D eigenvalue weighted by Crippen LogP contribution is -2.38. The number of hydrogen-bond donors (Lipinski definition) is 1. The molecule has 2 aliphatic rings. The minimum Gasteiger partial charge on any atom is -0.444 e. The lowest BCUT2D eigenvalue weighted by molar-refractivity contribution is -0.123. The van der Waals surface area contributed by atoms with Crippen molar-refractivity contribution >= 4 is 25.9 Å². The first-order valence-electron chi connectivity index (χ1n) is 12.6. The molecule has 2 aromatic heterocycles. The molecule has 1 N–H and O–H groups in total. The predicted octanol–water partition coefficient (Wildman–Crippen LogP) is 3.38. The molecule has 1 atom stereocenters. The Morgan fingerprint density at radius 1 is 1.22 bits per heavy atom. The van der Waals surface area contributed by atoms with Crippen LogP contribution in [0.2, 0.25) is 25.7 Å². The molecule has 2 aromatic rings. The van der Waals surface area contributed by atoms with Crippen LogP contribution in [0.25, 0.3) is 5.82 Å². The van der Waals surface area contributed by atoms with Crippen LogP contribution >= 0.6 is 0 Å². The summed E-state index contributed by atoms with van der Waals surface area (Å²) >= 11 is 0. The Balaban J connectivity index is 1.62. The van der Waals surface area contributed by atoms with Crippen LogP contribution in [0.3, 0.4) is 0 Å². The van der Waals surface area contributed by atoms with Gasteiger partial charge < -0.3 is 14.6 Å². The summed E-state index contributed by atoms with van der Waals surface area (Å²) in [5.74, 6) is 0.891. The number of amides is 2. The van der Waals surface area contributed by atoms with Crippen molar-refractivity contribution in [2.24, 2.45) is 0 Å². The Hall–Kier alpha value is -2.83. The fraction of sp³-hybridized carbons (Fsp3) is 0.640. The first kappa shape index (κ1) is 27.2. The molecule has 0 saturated heterocycles. The first-order valence-corrected chi connectivity index (χ1v) is 16.3. The van der Waals surface area contributed by atoms with E-state index in [4.69, 9.17) is 14.6 Å². The summed E-state index contributed by atoms with van der Waals surface area (Å²) in [5.41, 5.74) is 0.490. The third-order valence-corrected chi connectivity index (χ3v) is 8.28. The van der Waals surface area contributed by atoms with Gasteiger partial charge in [-0.15, -0.1) is 0 Å². The number of aliphatic hydroxyl groups excluding tert-OH is 1. The highest BCUT2D eigenvalue weighted by Crippen LogP contribution is 2.43. The molecule has 0 aromatic carbocycles. The van der Waals surface area contributed by atoms with E-state index in [1.807, 2.05) is 13.8 Å². The summed E-state index contributed by atoms with van der Waals surface area (Å²) < 4.78 is 13.0. The number of anilines is 1. The molecular weight excluding hydrogens is 492 g/mol. The third kappa shape index (κ3) is 5.27. The van der Waals surface area contributed by atoms with Crippen molar-refractivity contribution in [3.8, 4) is 5.82 Å². The quantitative estimate of drug-likeness (QED) is 0.427. The van der Waals surface area contributed by atoms with Gasteiger partial charge in [-0.3, -0.25) is 14.6 Å². The molecule has 12 heteroatoms. The van der Waals surface area contributed by atoms with Gasteiger partial charge in [0.1, 0.15) is 24.5 Å². The van der Waals surface area contributed by atoms with Crippen LogP contribution in [0.4, 0.5) is 10.6 Å². The lowest BCUT2D eigenvalue weighted by atomic mass is 9.87. The molecule has 4 rings (SSSR count). The number of hydrogen-bond acceptors (Lipinski definition) is 8. The van der Waals surface area contributed by atoms with Gasteiger partial charge in [0.25, 0.3) is 0 Å². The standard InChI is InChI=1S/C25H38N6O5Si/c1-24(2,3)36-23(34)29-12-17-16(18(29)13-32)11-31(28-17)21-19-20(26-14-27-21)30(22(33)25(19,4)5)15-35-9-10-37(6,7)8/h11,14,18,32H,9-10,12-13,15H2,1-8H3/t18-/m1/s1. The van der Waals surface area contributed by atoms with E-state index >= 15 is 0 Å². The number of rotatable bonds is 7. The first-order chi connectivity index (χ1) is 17.1. The Labute approximate surface area is 218 Å². The van der Waals surface area contributed by atoms with Crippen LogP contribution in [0.5, 0.6) is 0 Å². The zero-order valence-corrected chi connectivity index (χ0v) is 24.0. The molecule has 0 aliphatic carbocycles. The number of nitrogens with zero attached hydrogens (tertiary/aromatic N) is 6. The largest absolute Gasteiger partial charge is 0.444 e. The van der Waals surface area contributed by atoms with E-state index < -0.39 is 31.2 Å². The van der Waals surface area contributed by atoms with Gasteiger partial charge in [-0.2, -0.15) is 5.10 Å². The van der Waals surface area contributed by atoms with Crippen molar-refractivity contribution in [1.82, 2.24) is 24.6 Å². The predicted molar refractivity (Wildman–Crippen MR) is 140 cm³/mol. The SMILES string of the molecule is CC(C)(C)OC(=O)N1Cc2nn(-c3ncnc4c3C(C)(C)C(=O)N4COCC[Si](C)(C)C)cc2[C@H]1CO. The maximum Gasteiger partial charge on any atom is 0.411 e. The monoisotopic (exact) mass is 530 g/mol. The van der Waals surface area contributed by atoms with E-state index in [0.717, 1.165) is 11.6 Å². The van der Waals surface area contributed by atoms with E-state index in [-0.39, 0.29) is 25.8 Å². The molecule has 2 amide bonds. The van der Waals surface area contributed by atoms with Gasteiger partial charge in [0.05, 0.1) is 35.9 Å². The van der Waals surface area contributed by atoms with Crippen molar-refractivity contribution in [1.29, 1.82) is 0 Å². The molecular formula is C25H38N6O5Si. The van der Waals surface area contributed by atoms with Crippen molar-refractivity contribution in [2.45, 2.75) is 83.9 Å². The van der Waals surface area contributed by atoms with Gasteiger partial charge in [0.2, 0.25) is 5.91 Å². The highest BCUT2D eigenvalue weighted by Gasteiger charge is 2.48. The van der Waals surface area contributed by atoms with Crippen LogP contribution in [-0.2, 0) is 26.2 Å². The number of fused-ring (bicyclic) bond motifs is 2. The normalized spacial score (nSPS) is 18.8. The van der Waals surface area contributed by atoms with E-state index in [1.54, 1.807) is 36.5 Å². The molecule has 0 saturated carbocycles. The molecule has 0 bridgehead atoms. The summed E-state index contributed by atoms with van der Waals surface area (Å²) in [6, 6.07) is 0.422. The maximum atomic E-state index is 13.4. The molecule has 0 spiro atoms. The van der Waals surface area contributed by atoms with Crippen molar-refractivity contribution in [3.05, 3.63) is 29.3 Å². The number of aromatic nitrogens is 4. The summed E-state index contributed by atoms with van der Waals surface area (Å²) in [6.07, 6.45) is 2.67. The van der Waals surface area contributed by atoms with E-state index in [1.165, 1.54) is 11.2 Å². The zero-order valence-electron chi connectivity index (χ0n) is 23.0. The highest BCUT2D eigenvalue weighted by molar-refractivity contribution is 6.76. The van der Waals surface area contributed by atoms with Gasteiger partial charge >= 0.3 is 6.09 Å². The fourth-order valence-corrected chi connectivity index (χ4v) is 5.34. The average molecular weight is 531 g/mol. The van der Waals surface area contributed by atoms with Crippen molar-refractivity contribution in [2.75, 3.05) is 24.8 Å². The second kappa shape index (κ2) is 9.48. The Morgan fingerprint density at radius 2 is 1.89 bits per heavy atom. The zero-order chi connectivity index (χ0) is 27.3. The van der Waals surface area contributed by atoms with E-state index in [2.05, 4.69) is 29.6 Å². The number of aliphatic hydroxyl groups is 1. The molecule has 37 heavy (non-hydrogen) atoms. The molecule has 0 unspecified atom stereocenters. The minimum absolute atomic E-state index is 0.110. The molecule has 11 nitrogen and oxygen atoms in total. The molecule has 202 valence electrons. The summed E-state index contributed by atoms with van der Waals surface area (Å²) in [7, 11) is -1.25. The van der Waals surface area contributed by atoms with Gasteiger partial charge in [-0.25, -0.2) is 19.4 Å². The molecule has 0 fully saturated rings. The van der Waals surface area contributed by atoms with E-state index in [9.17, 15) is 14.7 Å². The Bertz CT molecular complexity index is 1200. The van der Waals surface area contributed by atoms with Gasteiger partial charge in [-0.05, 0) is 40.7 Å². The number of carbonyl (C=O) groups excluding carboxylic acids is 2. The van der Waals surface area contributed by atoms with Gasteiger partial charge in [0, 0.05) is 26.4 Å². The minimum atomic E-state index is -1.25. The highest BCUT2D eigenvalue weighted by atomic mass is 28.3. The summed E-state index contributed by atoms with van der Waals surface area (Å²) in [6.45, 7) is 16.6. The van der Waals surface area contributed by atoms with E-state index in [0.29, 0.717) is 29.5 Å². The summed E-state index contributed by atoms with van der Waals surface area (Å²) in [5, 5.41) is 14.8. The van der Waals surface area contributed by atoms with Crippen LogP contribution in [0.1, 0.15) is 57.5 Å². The fourth-order valence-electron chi connectivity index (χ4n) is 4.58. The maximum absolute atomic E-state index is 13.4. The second-order valence-corrected chi connectivity index (χ2v) is 18.0. The Kier molecular flexibility index (Phi) is 6.97. The van der Waals surface area contributed by atoms with Crippen molar-refractivity contribution < 1.29 is 24.2 Å². The average Bonchev–Trinajstić information content (AvgIpc) is 3.39. The third-order valence-electron chi connectivity index (χ3n) is 6.58. The van der Waals surface area contributed by atoms with Crippen molar-refractivity contribution in [3.63, 3.8) is 0 Å². The van der Waals surface area contributed by atoms with Crippen LogP contribution in [0, 0.1) is 0 Å². The van der Waals surface area contributed by atoms with Crippen LogP contribution in [0.15, 0.2) is 12.5 Å². The molecule has 0 radical (unpaired) electrons. The second-order valence-electron chi connectivity index (χ2n) is 12.4. The van der Waals surface area contributed by atoms with Gasteiger partial charge in [-0.1, -0.05) is 19.6 Å².